The molecular weight excluding hydrogens is 310 g/mol. The summed E-state index contributed by atoms with van der Waals surface area (Å²) >= 11 is 0. The van der Waals surface area contributed by atoms with E-state index in [1.54, 1.807) is 0 Å². The summed E-state index contributed by atoms with van der Waals surface area (Å²) in [4.78, 5) is 0. The Bertz CT molecular complexity index is 794. The number of rotatable bonds is 7. The third-order valence-corrected chi connectivity index (χ3v) is 4.36. The second-order valence-corrected chi connectivity index (χ2v) is 6.11. The fourth-order valence-corrected chi connectivity index (χ4v) is 2.93. The monoisotopic (exact) mass is 335 g/mol. The summed E-state index contributed by atoms with van der Waals surface area (Å²) in [7, 11) is 0. The van der Waals surface area contributed by atoms with E-state index in [-0.39, 0.29) is 6.04 Å². The molecule has 0 amide bonds. The van der Waals surface area contributed by atoms with Crippen LogP contribution in [0.3, 0.4) is 0 Å². The molecule has 0 radical (unpaired) electrons. The molecule has 1 N–H and O–H groups in total. The number of aromatic nitrogens is 2. The van der Waals surface area contributed by atoms with Gasteiger partial charge in [0.15, 0.2) is 0 Å². The lowest BCUT2D eigenvalue weighted by molar-refractivity contribution is 0.340. The lowest BCUT2D eigenvalue weighted by Crippen LogP contribution is -2.18. The van der Waals surface area contributed by atoms with E-state index in [0.29, 0.717) is 6.61 Å². The lowest BCUT2D eigenvalue weighted by Gasteiger charge is -2.14. The fraction of sp³-hybridized carbons (Fsp3) is 0.286. The standard InChI is InChI=1S/C21H25N3O/c1-4-25-20-12-10-18(11-13-20)14-22-16(2)21-15-23-24(17(21)3)19-8-6-5-7-9-19/h5-13,15-16,22H,4,14H2,1-3H3/t16-/m1/s1. The molecule has 0 spiro atoms. The maximum atomic E-state index is 5.48. The van der Waals surface area contributed by atoms with Crippen molar-refractivity contribution in [1.82, 2.24) is 15.1 Å². The number of benzene rings is 2. The molecule has 1 heterocycles. The van der Waals surface area contributed by atoms with Crippen molar-refractivity contribution in [3.63, 3.8) is 0 Å². The van der Waals surface area contributed by atoms with Gasteiger partial charge in [-0.05, 0) is 50.6 Å². The van der Waals surface area contributed by atoms with Crippen LogP contribution in [0, 0.1) is 6.92 Å². The van der Waals surface area contributed by atoms with Gasteiger partial charge in [-0.1, -0.05) is 30.3 Å². The Morgan fingerprint density at radius 2 is 1.80 bits per heavy atom. The first kappa shape index (κ1) is 17.2. The summed E-state index contributed by atoms with van der Waals surface area (Å²) in [6.07, 6.45) is 1.96. The Morgan fingerprint density at radius 1 is 1.08 bits per heavy atom. The highest BCUT2D eigenvalue weighted by molar-refractivity contribution is 5.35. The highest BCUT2D eigenvalue weighted by Crippen LogP contribution is 2.20. The van der Waals surface area contributed by atoms with Crippen LogP contribution in [0.4, 0.5) is 0 Å². The molecule has 4 nitrogen and oxygen atoms in total. The zero-order chi connectivity index (χ0) is 17.6. The van der Waals surface area contributed by atoms with Gasteiger partial charge in [0, 0.05) is 23.8 Å². The first-order valence-electron chi connectivity index (χ1n) is 8.74. The topological polar surface area (TPSA) is 39.1 Å². The Balaban J connectivity index is 1.65. The fourth-order valence-electron chi connectivity index (χ4n) is 2.93. The van der Waals surface area contributed by atoms with Crippen LogP contribution in [-0.2, 0) is 6.54 Å². The van der Waals surface area contributed by atoms with Crippen molar-refractivity contribution >= 4 is 0 Å². The molecule has 3 aromatic rings. The van der Waals surface area contributed by atoms with Gasteiger partial charge in [0.05, 0.1) is 18.5 Å². The zero-order valence-electron chi connectivity index (χ0n) is 15.1. The Labute approximate surface area is 149 Å². The van der Waals surface area contributed by atoms with Gasteiger partial charge in [0.25, 0.3) is 0 Å². The van der Waals surface area contributed by atoms with E-state index in [2.05, 4.69) is 48.5 Å². The minimum Gasteiger partial charge on any atom is -0.494 e. The number of hydrogen-bond acceptors (Lipinski definition) is 3. The van der Waals surface area contributed by atoms with Gasteiger partial charge < -0.3 is 10.1 Å². The van der Waals surface area contributed by atoms with E-state index in [9.17, 15) is 0 Å². The molecule has 3 rings (SSSR count). The highest BCUT2D eigenvalue weighted by Gasteiger charge is 2.13. The van der Waals surface area contributed by atoms with Crippen molar-refractivity contribution in [2.24, 2.45) is 0 Å². The second-order valence-electron chi connectivity index (χ2n) is 6.11. The van der Waals surface area contributed by atoms with Gasteiger partial charge in [-0.25, -0.2) is 4.68 Å². The van der Waals surface area contributed by atoms with Gasteiger partial charge in [-0.3, -0.25) is 0 Å². The largest absolute Gasteiger partial charge is 0.494 e. The third-order valence-electron chi connectivity index (χ3n) is 4.36. The van der Waals surface area contributed by atoms with Crippen LogP contribution in [0.5, 0.6) is 5.75 Å². The summed E-state index contributed by atoms with van der Waals surface area (Å²) in [6, 6.07) is 18.7. The van der Waals surface area contributed by atoms with Crippen molar-refractivity contribution in [3.05, 3.63) is 77.6 Å². The number of para-hydroxylation sites is 1. The molecule has 0 aliphatic carbocycles. The van der Waals surface area contributed by atoms with E-state index in [1.165, 1.54) is 11.1 Å². The molecule has 0 saturated heterocycles. The summed E-state index contributed by atoms with van der Waals surface area (Å²) in [5.74, 6) is 0.916. The van der Waals surface area contributed by atoms with Crippen LogP contribution in [0.15, 0.2) is 60.8 Å². The Kier molecular flexibility index (Phi) is 5.51. The number of hydrogen-bond donors (Lipinski definition) is 1. The van der Waals surface area contributed by atoms with Crippen molar-refractivity contribution < 1.29 is 4.74 Å². The van der Waals surface area contributed by atoms with E-state index in [0.717, 1.165) is 23.7 Å². The van der Waals surface area contributed by atoms with Gasteiger partial charge in [0.2, 0.25) is 0 Å². The molecule has 130 valence electrons. The minimum atomic E-state index is 0.226. The van der Waals surface area contributed by atoms with E-state index in [1.807, 2.05) is 48.1 Å². The molecule has 1 atom stereocenters. The van der Waals surface area contributed by atoms with Crippen LogP contribution < -0.4 is 10.1 Å². The van der Waals surface area contributed by atoms with Crippen LogP contribution in [0.1, 0.15) is 36.7 Å². The molecule has 0 fully saturated rings. The highest BCUT2D eigenvalue weighted by atomic mass is 16.5. The Morgan fingerprint density at radius 3 is 2.48 bits per heavy atom. The molecule has 4 heteroatoms. The van der Waals surface area contributed by atoms with Crippen molar-refractivity contribution in [2.75, 3.05) is 6.61 Å². The molecule has 0 saturated carbocycles. The Hall–Kier alpha value is -2.59. The summed E-state index contributed by atoms with van der Waals surface area (Å²) in [5, 5.41) is 8.13. The molecule has 0 aliphatic heterocycles. The molecular formula is C21H25N3O. The van der Waals surface area contributed by atoms with Gasteiger partial charge >= 0.3 is 0 Å². The normalized spacial score (nSPS) is 12.1. The van der Waals surface area contributed by atoms with Crippen LogP contribution in [0.2, 0.25) is 0 Å². The van der Waals surface area contributed by atoms with E-state index >= 15 is 0 Å². The number of nitrogens with zero attached hydrogens (tertiary/aromatic N) is 2. The smallest absolute Gasteiger partial charge is 0.119 e. The second kappa shape index (κ2) is 7.99. The van der Waals surface area contributed by atoms with Crippen LogP contribution >= 0.6 is 0 Å². The minimum absolute atomic E-state index is 0.226. The maximum Gasteiger partial charge on any atom is 0.119 e. The first-order valence-corrected chi connectivity index (χ1v) is 8.74. The molecule has 1 aromatic heterocycles. The van der Waals surface area contributed by atoms with Crippen molar-refractivity contribution in [3.8, 4) is 11.4 Å². The quantitative estimate of drug-likeness (QED) is 0.694. The van der Waals surface area contributed by atoms with Crippen LogP contribution in [0.25, 0.3) is 5.69 Å². The predicted molar refractivity (Wildman–Crippen MR) is 101 cm³/mol. The van der Waals surface area contributed by atoms with Crippen LogP contribution in [-0.4, -0.2) is 16.4 Å². The molecule has 0 unspecified atom stereocenters. The molecule has 0 bridgehead atoms. The first-order chi connectivity index (χ1) is 12.2. The van der Waals surface area contributed by atoms with Gasteiger partial charge in [-0.15, -0.1) is 0 Å². The average Bonchev–Trinajstić information content (AvgIpc) is 3.03. The number of nitrogens with one attached hydrogen (secondary N) is 1. The zero-order valence-corrected chi connectivity index (χ0v) is 15.1. The van der Waals surface area contributed by atoms with E-state index in [4.69, 9.17) is 4.74 Å². The SMILES string of the molecule is CCOc1ccc(CN[C@H](C)c2cnn(-c3ccccc3)c2C)cc1. The maximum absolute atomic E-state index is 5.48. The molecule has 0 aliphatic rings. The average molecular weight is 335 g/mol. The van der Waals surface area contributed by atoms with Crippen molar-refractivity contribution in [2.45, 2.75) is 33.4 Å². The van der Waals surface area contributed by atoms with E-state index < -0.39 is 0 Å². The lowest BCUT2D eigenvalue weighted by atomic mass is 10.1. The van der Waals surface area contributed by atoms with Gasteiger partial charge in [0.1, 0.15) is 5.75 Å². The van der Waals surface area contributed by atoms with Crippen molar-refractivity contribution in [1.29, 1.82) is 0 Å². The number of ether oxygens (including phenoxy) is 1. The summed E-state index contributed by atoms with van der Waals surface area (Å²) < 4.78 is 7.48. The molecule has 2 aromatic carbocycles. The summed E-state index contributed by atoms with van der Waals surface area (Å²) in [6.45, 7) is 7.79. The summed E-state index contributed by atoms with van der Waals surface area (Å²) in [5.41, 5.74) is 4.71. The van der Waals surface area contributed by atoms with Gasteiger partial charge in [-0.2, -0.15) is 5.10 Å². The third kappa shape index (κ3) is 4.09. The molecule has 25 heavy (non-hydrogen) atoms. The predicted octanol–water partition coefficient (Wildman–Crippen LogP) is 4.43.